The average molecular weight is 325 g/mol. The summed E-state index contributed by atoms with van der Waals surface area (Å²) in [6, 6.07) is 3.00. The van der Waals surface area contributed by atoms with Crippen molar-refractivity contribution in [3.8, 4) is 0 Å². The van der Waals surface area contributed by atoms with Gasteiger partial charge in [-0.05, 0) is 49.8 Å². The number of rotatable bonds is 7. The molecule has 1 heterocycles. The van der Waals surface area contributed by atoms with Gasteiger partial charge in [-0.15, -0.1) is 0 Å². The van der Waals surface area contributed by atoms with Crippen molar-refractivity contribution < 1.29 is 4.39 Å². The van der Waals surface area contributed by atoms with Crippen molar-refractivity contribution in [3.05, 3.63) is 40.6 Å². The van der Waals surface area contributed by atoms with Crippen LogP contribution < -0.4 is 0 Å². The third kappa shape index (κ3) is 5.20. The van der Waals surface area contributed by atoms with Crippen LogP contribution in [0.2, 0.25) is 0 Å². The van der Waals surface area contributed by atoms with Gasteiger partial charge in [0, 0.05) is 0 Å². The predicted molar refractivity (Wildman–Crippen MR) is 92.8 cm³/mol. The summed E-state index contributed by atoms with van der Waals surface area (Å²) in [6.45, 7) is 10.5. The lowest BCUT2D eigenvalue weighted by Crippen LogP contribution is -2.13. The molecule has 1 aromatic rings. The van der Waals surface area contributed by atoms with E-state index in [4.69, 9.17) is 11.6 Å². The number of nitrogens with zero attached hydrogens (tertiary/aromatic N) is 2. The normalized spacial score (nSPS) is 16.2. The average Bonchev–Trinajstić information content (AvgIpc) is 2.51. The van der Waals surface area contributed by atoms with Crippen LogP contribution >= 0.6 is 11.6 Å². The smallest absolute Gasteiger partial charge is 0.141 e. The lowest BCUT2D eigenvalue weighted by Gasteiger charge is -2.24. The molecule has 0 spiro atoms. The molecule has 0 aliphatic heterocycles. The molecule has 4 heteroatoms. The van der Waals surface area contributed by atoms with Crippen LogP contribution in [0.1, 0.15) is 59.6 Å². The maximum Gasteiger partial charge on any atom is 0.141 e. The van der Waals surface area contributed by atoms with E-state index in [9.17, 15) is 4.39 Å². The van der Waals surface area contributed by atoms with Crippen LogP contribution in [0.5, 0.6) is 0 Å². The number of hydrogen-bond acceptors (Lipinski definition) is 2. The molecule has 0 radical (unpaired) electrons. The molecule has 0 amide bonds. The Labute approximate surface area is 138 Å². The van der Waals surface area contributed by atoms with Crippen LogP contribution in [0.25, 0.3) is 0 Å². The summed E-state index contributed by atoms with van der Waals surface area (Å²) in [5, 5.41) is 0.530. The van der Waals surface area contributed by atoms with E-state index in [2.05, 4.69) is 37.7 Å². The fourth-order valence-corrected chi connectivity index (χ4v) is 2.83. The third-order valence-electron chi connectivity index (χ3n) is 4.18. The van der Waals surface area contributed by atoms with Crippen molar-refractivity contribution in [2.75, 3.05) is 0 Å². The molecule has 122 valence electrons. The summed E-state index contributed by atoms with van der Waals surface area (Å²) < 4.78 is 12.9. The van der Waals surface area contributed by atoms with Gasteiger partial charge in [-0.2, -0.15) is 0 Å². The van der Waals surface area contributed by atoms with Gasteiger partial charge in [0.2, 0.25) is 0 Å². The fraction of sp³-hybridized carbons (Fsp3) is 0.556. The van der Waals surface area contributed by atoms with Gasteiger partial charge in [0.1, 0.15) is 11.0 Å². The second-order valence-corrected chi connectivity index (χ2v) is 6.17. The Bertz CT molecular complexity index is 535. The zero-order valence-corrected chi connectivity index (χ0v) is 14.9. The molecule has 0 saturated carbocycles. The molecule has 0 aliphatic rings. The van der Waals surface area contributed by atoms with E-state index < -0.39 is 0 Å². The quantitative estimate of drug-likeness (QED) is 0.448. The number of allylic oxidation sites excluding steroid dienone is 1. The summed E-state index contributed by atoms with van der Waals surface area (Å²) in [7, 11) is 0. The van der Waals surface area contributed by atoms with E-state index in [0.717, 1.165) is 24.8 Å². The van der Waals surface area contributed by atoms with Gasteiger partial charge in [-0.3, -0.25) is 4.98 Å². The summed E-state index contributed by atoms with van der Waals surface area (Å²) in [6.07, 6.45) is 4.55. The Kier molecular flexibility index (Phi) is 7.74. The maximum atomic E-state index is 12.9. The Balaban J connectivity index is 3.05. The van der Waals surface area contributed by atoms with Crippen molar-refractivity contribution in [2.45, 2.75) is 53.9 Å². The molecule has 0 aliphatic carbocycles. The molecule has 0 saturated heterocycles. The Morgan fingerprint density at radius 1 is 1.32 bits per heavy atom. The first-order valence-corrected chi connectivity index (χ1v) is 8.31. The van der Waals surface area contributed by atoms with Crippen LogP contribution in [0.4, 0.5) is 4.39 Å². The van der Waals surface area contributed by atoms with Crippen LogP contribution in [0, 0.1) is 17.7 Å². The van der Waals surface area contributed by atoms with Gasteiger partial charge in [-0.1, -0.05) is 45.2 Å². The number of halogens is 2. The summed E-state index contributed by atoms with van der Waals surface area (Å²) in [5.74, 6) is 0.669. The second kappa shape index (κ2) is 9.04. The van der Waals surface area contributed by atoms with E-state index >= 15 is 0 Å². The van der Waals surface area contributed by atoms with Crippen LogP contribution in [0.3, 0.4) is 0 Å². The minimum absolute atomic E-state index is 0.353. The SMILES string of the molecule is CCC[C@@H](/C(C)=C(Cl)/N=C(\C)c1ccc(F)cn1)[C@@H](C)CC. The van der Waals surface area contributed by atoms with E-state index in [1.54, 1.807) is 6.07 Å². The Hall–Kier alpha value is -1.22. The highest BCUT2D eigenvalue weighted by Crippen LogP contribution is 2.31. The van der Waals surface area contributed by atoms with E-state index in [0.29, 0.717) is 28.4 Å². The minimum atomic E-state index is -0.353. The van der Waals surface area contributed by atoms with Gasteiger partial charge < -0.3 is 0 Å². The van der Waals surface area contributed by atoms with Gasteiger partial charge in [0.15, 0.2) is 0 Å². The molecule has 2 nitrogen and oxygen atoms in total. The van der Waals surface area contributed by atoms with Gasteiger partial charge >= 0.3 is 0 Å². The standard InChI is InChI=1S/C18H26ClFN2/c1-6-8-16(12(3)7-2)13(4)18(19)22-14(5)17-10-9-15(20)11-21-17/h9-12,16H,6-8H2,1-5H3/b18-13+,22-14+/t12-,16+/m0/s1. The predicted octanol–water partition coefficient (Wildman–Crippen LogP) is 5.96. The maximum absolute atomic E-state index is 12.9. The molecule has 0 bridgehead atoms. The molecule has 2 atom stereocenters. The van der Waals surface area contributed by atoms with Gasteiger partial charge in [-0.25, -0.2) is 9.38 Å². The van der Waals surface area contributed by atoms with Gasteiger partial charge in [0.05, 0.1) is 17.6 Å². The first kappa shape index (κ1) is 18.8. The first-order valence-electron chi connectivity index (χ1n) is 7.94. The molecule has 0 aromatic carbocycles. The third-order valence-corrected chi connectivity index (χ3v) is 4.56. The van der Waals surface area contributed by atoms with Crippen molar-refractivity contribution in [3.63, 3.8) is 0 Å². The highest BCUT2D eigenvalue weighted by molar-refractivity contribution is 6.30. The first-order chi connectivity index (χ1) is 10.4. The van der Waals surface area contributed by atoms with Crippen LogP contribution in [-0.4, -0.2) is 10.7 Å². The number of aromatic nitrogens is 1. The molecule has 1 rings (SSSR count). The van der Waals surface area contributed by atoms with Crippen molar-refractivity contribution in [1.29, 1.82) is 0 Å². The van der Waals surface area contributed by atoms with Crippen molar-refractivity contribution in [1.82, 2.24) is 4.98 Å². The van der Waals surface area contributed by atoms with E-state index in [1.165, 1.54) is 12.3 Å². The van der Waals surface area contributed by atoms with Crippen LogP contribution in [-0.2, 0) is 0 Å². The molecule has 1 aromatic heterocycles. The largest absolute Gasteiger partial charge is 0.252 e. The molecule has 0 N–H and O–H groups in total. The lowest BCUT2D eigenvalue weighted by atomic mass is 9.83. The monoisotopic (exact) mass is 324 g/mol. The zero-order chi connectivity index (χ0) is 16.7. The highest BCUT2D eigenvalue weighted by atomic mass is 35.5. The summed E-state index contributed by atoms with van der Waals surface area (Å²) >= 11 is 6.43. The van der Waals surface area contributed by atoms with Crippen molar-refractivity contribution in [2.24, 2.45) is 16.8 Å². The summed E-state index contributed by atoms with van der Waals surface area (Å²) in [5.41, 5.74) is 2.46. The zero-order valence-electron chi connectivity index (χ0n) is 14.2. The van der Waals surface area contributed by atoms with E-state index in [-0.39, 0.29) is 5.82 Å². The Morgan fingerprint density at radius 2 is 2.00 bits per heavy atom. The number of pyridine rings is 1. The lowest BCUT2D eigenvalue weighted by molar-refractivity contribution is 0.371. The van der Waals surface area contributed by atoms with Crippen LogP contribution in [0.15, 0.2) is 34.1 Å². The fourth-order valence-electron chi connectivity index (χ4n) is 2.56. The number of hydrogen-bond donors (Lipinski definition) is 0. The minimum Gasteiger partial charge on any atom is -0.252 e. The molecular formula is C18H26ClFN2. The topological polar surface area (TPSA) is 25.2 Å². The molecular weight excluding hydrogens is 299 g/mol. The summed E-state index contributed by atoms with van der Waals surface area (Å²) in [4.78, 5) is 8.51. The molecule has 0 unspecified atom stereocenters. The molecule has 0 fully saturated rings. The second-order valence-electron chi connectivity index (χ2n) is 5.81. The molecule has 22 heavy (non-hydrogen) atoms. The van der Waals surface area contributed by atoms with Gasteiger partial charge in [0.25, 0.3) is 0 Å². The highest BCUT2D eigenvalue weighted by Gasteiger charge is 2.19. The van der Waals surface area contributed by atoms with E-state index in [1.807, 2.05) is 6.92 Å². The number of aliphatic imine (C=N–C) groups is 1. The van der Waals surface area contributed by atoms with Crippen molar-refractivity contribution >= 4 is 17.3 Å². The Morgan fingerprint density at radius 3 is 2.50 bits per heavy atom.